The van der Waals surface area contributed by atoms with Crippen LogP contribution in [0.4, 0.5) is 17.3 Å². The monoisotopic (exact) mass is 511 g/mol. The molecular formula is C25H29N5O5S. The maximum absolute atomic E-state index is 12.3. The largest absolute Gasteiger partial charge is 0.493 e. The molecule has 1 fully saturated rings. The van der Waals surface area contributed by atoms with Crippen LogP contribution in [0, 0.1) is 5.92 Å². The third kappa shape index (κ3) is 6.55. The van der Waals surface area contributed by atoms with Gasteiger partial charge in [-0.1, -0.05) is 6.07 Å². The molecule has 0 aliphatic heterocycles. The number of sulfone groups is 1. The van der Waals surface area contributed by atoms with E-state index in [1.807, 2.05) is 0 Å². The van der Waals surface area contributed by atoms with Crippen molar-refractivity contribution in [2.24, 2.45) is 5.92 Å². The highest BCUT2D eigenvalue weighted by atomic mass is 32.2. The molecule has 190 valence electrons. The lowest BCUT2D eigenvalue weighted by atomic mass is 9.99. The van der Waals surface area contributed by atoms with E-state index in [2.05, 4.69) is 25.6 Å². The molecule has 1 amide bonds. The third-order valence-electron chi connectivity index (χ3n) is 5.55. The number of rotatable bonds is 9. The van der Waals surface area contributed by atoms with Crippen molar-refractivity contribution >= 4 is 33.1 Å². The number of aliphatic hydroxyl groups is 1. The van der Waals surface area contributed by atoms with E-state index in [4.69, 9.17) is 4.74 Å². The van der Waals surface area contributed by atoms with Crippen LogP contribution in [0.1, 0.15) is 39.2 Å². The molecule has 0 bridgehead atoms. The molecule has 3 aromatic rings. The molecule has 0 unspecified atom stereocenters. The molecule has 1 saturated carbocycles. The van der Waals surface area contributed by atoms with E-state index in [0.717, 1.165) is 19.1 Å². The van der Waals surface area contributed by atoms with Crippen LogP contribution in [-0.4, -0.2) is 47.2 Å². The summed E-state index contributed by atoms with van der Waals surface area (Å²) >= 11 is 0. The van der Waals surface area contributed by atoms with Crippen LogP contribution in [0.3, 0.4) is 0 Å². The quantitative estimate of drug-likeness (QED) is 0.392. The molecular weight excluding hydrogens is 482 g/mol. The highest BCUT2D eigenvalue weighted by Gasteiger charge is 2.23. The molecule has 0 saturated heterocycles. The van der Waals surface area contributed by atoms with Crippen molar-refractivity contribution in [1.82, 2.24) is 15.0 Å². The Balaban J connectivity index is 1.74. The molecule has 3 heterocycles. The first kappa shape index (κ1) is 25.5. The lowest BCUT2D eigenvalue weighted by Gasteiger charge is -2.18. The van der Waals surface area contributed by atoms with Gasteiger partial charge in [-0.2, -0.15) is 0 Å². The van der Waals surface area contributed by atoms with Gasteiger partial charge >= 0.3 is 0 Å². The van der Waals surface area contributed by atoms with Crippen molar-refractivity contribution in [3.63, 3.8) is 0 Å². The summed E-state index contributed by atoms with van der Waals surface area (Å²) in [6.07, 6.45) is 6.41. The SMILES string of the molecule is CC(=O)Nc1cc(Nc2cc(OCC3CC3)cc(S(C)(=O)=O)n2)c(-c2ccc(C(C)(C)O)cn2)cn1. The number of nitrogens with one attached hydrogen (secondary N) is 2. The highest BCUT2D eigenvalue weighted by molar-refractivity contribution is 7.90. The topological polar surface area (TPSA) is 143 Å². The minimum atomic E-state index is -3.60. The zero-order valence-corrected chi connectivity index (χ0v) is 21.4. The van der Waals surface area contributed by atoms with Crippen LogP contribution in [0.2, 0.25) is 0 Å². The normalized spacial score (nSPS) is 13.8. The fourth-order valence-corrected chi connectivity index (χ4v) is 3.98. The van der Waals surface area contributed by atoms with E-state index in [1.165, 1.54) is 13.0 Å². The van der Waals surface area contributed by atoms with Gasteiger partial charge in [-0.15, -0.1) is 0 Å². The predicted molar refractivity (Wildman–Crippen MR) is 136 cm³/mol. The summed E-state index contributed by atoms with van der Waals surface area (Å²) < 4.78 is 30.4. The summed E-state index contributed by atoms with van der Waals surface area (Å²) in [5.41, 5.74) is 1.22. The average Bonchev–Trinajstić information content (AvgIpc) is 3.61. The molecule has 3 aromatic heterocycles. The van der Waals surface area contributed by atoms with Gasteiger partial charge in [0.15, 0.2) is 14.9 Å². The first-order chi connectivity index (χ1) is 16.9. The van der Waals surface area contributed by atoms with Gasteiger partial charge in [0.1, 0.15) is 17.4 Å². The number of aromatic nitrogens is 3. The number of ether oxygens (including phenoxy) is 1. The molecule has 3 N–H and O–H groups in total. The van der Waals surface area contributed by atoms with Crippen LogP contribution in [0.15, 0.2) is 47.8 Å². The number of carbonyl (C=O) groups excluding carboxylic acids is 1. The second kappa shape index (κ2) is 9.82. The van der Waals surface area contributed by atoms with E-state index < -0.39 is 15.4 Å². The fraction of sp³-hybridized carbons (Fsp3) is 0.360. The van der Waals surface area contributed by atoms with Crippen LogP contribution in [0.25, 0.3) is 11.3 Å². The first-order valence-corrected chi connectivity index (χ1v) is 13.4. The number of amides is 1. The number of carbonyl (C=O) groups is 1. The maximum Gasteiger partial charge on any atom is 0.222 e. The molecule has 0 spiro atoms. The predicted octanol–water partition coefficient (Wildman–Crippen LogP) is 3.66. The first-order valence-electron chi connectivity index (χ1n) is 11.5. The Kier molecular flexibility index (Phi) is 6.96. The van der Waals surface area contributed by atoms with Crippen LogP contribution < -0.4 is 15.4 Å². The van der Waals surface area contributed by atoms with Crippen molar-refractivity contribution in [3.05, 3.63) is 48.3 Å². The Morgan fingerprint density at radius 1 is 1.14 bits per heavy atom. The maximum atomic E-state index is 12.3. The number of hydrogen-bond acceptors (Lipinski definition) is 9. The zero-order chi connectivity index (χ0) is 26.1. The van der Waals surface area contributed by atoms with Gasteiger partial charge in [-0.25, -0.2) is 18.4 Å². The van der Waals surface area contributed by atoms with Crippen molar-refractivity contribution in [3.8, 4) is 17.0 Å². The van der Waals surface area contributed by atoms with Crippen LogP contribution in [-0.2, 0) is 20.2 Å². The third-order valence-corrected chi connectivity index (χ3v) is 6.52. The minimum absolute atomic E-state index is 0.122. The summed E-state index contributed by atoms with van der Waals surface area (Å²) in [6, 6.07) is 8.17. The van der Waals surface area contributed by atoms with Crippen molar-refractivity contribution in [1.29, 1.82) is 0 Å². The summed E-state index contributed by atoms with van der Waals surface area (Å²) in [7, 11) is -3.60. The fourth-order valence-electron chi connectivity index (χ4n) is 3.38. The van der Waals surface area contributed by atoms with Gasteiger partial charge in [-0.3, -0.25) is 9.78 Å². The molecule has 1 aliphatic carbocycles. The summed E-state index contributed by atoms with van der Waals surface area (Å²) in [4.78, 5) is 24.6. The molecule has 10 nitrogen and oxygen atoms in total. The van der Waals surface area contributed by atoms with Crippen molar-refractivity contribution < 1.29 is 23.1 Å². The molecule has 4 rings (SSSR count). The number of pyridine rings is 3. The highest BCUT2D eigenvalue weighted by Crippen LogP contribution is 2.34. The Morgan fingerprint density at radius 2 is 1.89 bits per heavy atom. The zero-order valence-electron chi connectivity index (χ0n) is 20.6. The van der Waals surface area contributed by atoms with Crippen molar-refractivity contribution in [2.75, 3.05) is 23.5 Å². The minimum Gasteiger partial charge on any atom is -0.493 e. The lowest BCUT2D eigenvalue weighted by molar-refractivity contribution is -0.114. The van der Waals surface area contributed by atoms with Gasteiger partial charge < -0.3 is 20.5 Å². The molecule has 0 aromatic carbocycles. The summed E-state index contributed by atoms with van der Waals surface area (Å²) in [6.45, 7) is 5.23. The van der Waals surface area contributed by atoms with Crippen molar-refractivity contribution in [2.45, 2.75) is 44.2 Å². The van der Waals surface area contributed by atoms with Gasteiger partial charge in [0.25, 0.3) is 0 Å². The van der Waals surface area contributed by atoms with Gasteiger partial charge in [0, 0.05) is 54.9 Å². The van der Waals surface area contributed by atoms with Gasteiger partial charge in [0.2, 0.25) is 5.91 Å². The van der Waals surface area contributed by atoms with E-state index in [1.54, 1.807) is 50.5 Å². The van der Waals surface area contributed by atoms with E-state index in [0.29, 0.717) is 46.6 Å². The second-order valence-electron chi connectivity index (χ2n) is 9.47. The molecule has 36 heavy (non-hydrogen) atoms. The Hall–Kier alpha value is -3.57. The standard InChI is InChI=1S/C25H29N5O5S/c1-15(31)28-22-11-21(19(13-27-22)20-8-7-17(12-26-20)25(2,3)32)29-23-9-18(35-14-16-5-6-16)10-24(30-23)36(4,33)34/h7-13,16,32H,5-6,14H2,1-4H3,(H2,27,28,29,30,31). The summed E-state index contributed by atoms with van der Waals surface area (Å²) in [5.74, 6) is 1.14. The number of hydrogen-bond donors (Lipinski definition) is 3. The molecule has 0 radical (unpaired) electrons. The van der Waals surface area contributed by atoms with E-state index >= 15 is 0 Å². The molecule has 1 aliphatic rings. The van der Waals surface area contributed by atoms with E-state index in [-0.39, 0.29) is 16.8 Å². The molecule has 0 atom stereocenters. The average molecular weight is 512 g/mol. The van der Waals surface area contributed by atoms with E-state index in [9.17, 15) is 18.3 Å². The number of nitrogens with zero attached hydrogens (tertiary/aromatic N) is 3. The molecule has 11 heteroatoms. The van der Waals surface area contributed by atoms with Crippen LogP contribution >= 0.6 is 0 Å². The Labute approximate surface area is 210 Å². The summed E-state index contributed by atoms with van der Waals surface area (Å²) in [5, 5.41) is 15.9. The lowest BCUT2D eigenvalue weighted by Crippen LogP contribution is -2.15. The Bertz CT molecular complexity index is 1380. The van der Waals surface area contributed by atoms with Crippen LogP contribution in [0.5, 0.6) is 5.75 Å². The van der Waals surface area contributed by atoms with Gasteiger partial charge in [0.05, 0.1) is 23.6 Å². The Morgan fingerprint density at radius 3 is 2.47 bits per heavy atom. The number of anilines is 3. The second-order valence-corrected chi connectivity index (χ2v) is 11.4. The van der Waals surface area contributed by atoms with Gasteiger partial charge in [-0.05, 0) is 38.7 Å². The smallest absolute Gasteiger partial charge is 0.222 e.